The van der Waals surface area contributed by atoms with Gasteiger partial charge in [0.05, 0.1) is 16.3 Å². The van der Waals surface area contributed by atoms with E-state index < -0.39 is 10.0 Å². The van der Waals surface area contributed by atoms with Gasteiger partial charge in [-0.05, 0) is 49.9 Å². The SMILES string of the molecule is CCN(Cc1ccccc1)C(=O)CN1C(=O)[C@H]2CCCCN2c2ccc(S(=O)(=O)N(C)C)cc21. The van der Waals surface area contributed by atoms with Crippen LogP contribution in [0, 0.1) is 0 Å². The number of hydrogen-bond donors (Lipinski definition) is 0. The van der Waals surface area contributed by atoms with Crippen LogP contribution in [-0.4, -0.2) is 69.2 Å². The van der Waals surface area contributed by atoms with Crippen molar-refractivity contribution in [1.82, 2.24) is 9.21 Å². The third-order valence-corrected chi connectivity index (χ3v) is 8.43. The Morgan fingerprint density at radius 1 is 1.06 bits per heavy atom. The zero-order chi connectivity index (χ0) is 24.5. The molecule has 0 spiro atoms. The largest absolute Gasteiger partial charge is 0.358 e. The van der Waals surface area contributed by atoms with Crippen LogP contribution in [0.3, 0.4) is 0 Å². The molecule has 0 radical (unpaired) electrons. The number of anilines is 2. The van der Waals surface area contributed by atoms with Crippen molar-refractivity contribution >= 4 is 33.2 Å². The minimum atomic E-state index is -3.69. The molecule has 0 bridgehead atoms. The average Bonchev–Trinajstić information content (AvgIpc) is 2.85. The summed E-state index contributed by atoms with van der Waals surface area (Å²) in [4.78, 5) is 32.3. The second kappa shape index (κ2) is 9.76. The molecular formula is C25H32N4O4S. The predicted molar refractivity (Wildman–Crippen MR) is 132 cm³/mol. The number of benzene rings is 2. The Bertz CT molecular complexity index is 1170. The number of nitrogens with zero attached hydrogens (tertiary/aromatic N) is 4. The summed E-state index contributed by atoms with van der Waals surface area (Å²) in [7, 11) is -0.736. The van der Waals surface area contributed by atoms with Gasteiger partial charge in [0.15, 0.2) is 0 Å². The first kappa shape index (κ1) is 24.2. The van der Waals surface area contributed by atoms with Gasteiger partial charge in [0.25, 0.3) is 0 Å². The van der Waals surface area contributed by atoms with Crippen LogP contribution in [0.25, 0.3) is 0 Å². The Morgan fingerprint density at radius 2 is 1.79 bits per heavy atom. The van der Waals surface area contributed by atoms with Gasteiger partial charge >= 0.3 is 0 Å². The summed E-state index contributed by atoms with van der Waals surface area (Å²) in [6.07, 6.45) is 2.65. The zero-order valence-electron chi connectivity index (χ0n) is 20.0. The maximum absolute atomic E-state index is 13.6. The quantitative estimate of drug-likeness (QED) is 0.604. The molecule has 1 saturated heterocycles. The molecule has 2 aromatic rings. The highest BCUT2D eigenvalue weighted by molar-refractivity contribution is 7.89. The summed E-state index contributed by atoms with van der Waals surface area (Å²) in [5.41, 5.74) is 2.30. The topological polar surface area (TPSA) is 81.2 Å². The summed E-state index contributed by atoms with van der Waals surface area (Å²) in [5.74, 6) is -0.313. The van der Waals surface area contributed by atoms with E-state index in [9.17, 15) is 18.0 Å². The average molecular weight is 485 g/mol. The van der Waals surface area contributed by atoms with Crippen LogP contribution in [0.1, 0.15) is 31.7 Å². The highest BCUT2D eigenvalue weighted by Gasteiger charge is 2.41. The summed E-state index contributed by atoms with van der Waals surface area (Å²) in [5, 5.41) is 0. The minimum Gasteiger partial charge on any atom is -0.358 e. The van der Waals surface area contributed by atoms with Gasteiger partial charge in [-0.15, -0.1) is 0 Å². The fraction of sp³-hybridized carbons (Fsp3) is 0.440. The number of rotatable bonds is 7. The zero-order valence-corrected chi connectivity index (χ0v) is 20.8. The van der Waals surface area contributed by atoms with E-state index in [0.29, 0.717) is 18.8 Å². The van der Waals surface area contributed by atoms with Gasteiger partial charge < -0.3 is 9.80 Å². The number of fused-ring (bicyclic) bond motifs is 3. The molecule has 0 N–H and O–H groups in total. The fourth-order valence-electron chi connectivity index (χ4n) is 4.69. The van der Waals surface area contributed by atoms with Gasteiger partial charge in [-0.1, -0.05) is 30.3 Å². The molecule has 2 amide bonds. The summed E-state index contributed by atoms with van der Waals surface area (Å²) in [6.45, 7) is 3.49. The number of piperidine rings is 1. The monoisotopic (exact) mass is 484 g/mol. The number of carbonyl (C=O) groups is 2. The first-order chi connectivity index (χ1) is 16.2. The third kappa shape index (κ3) is 4.54. The molecule has 0 aromatic heterocycles. The van der Waals surface area contributed by atoms with Crippen LogP contribution >= 0.6 is 0 Å². The third-order valence-electron chi connectivity index (χ3n) is 6.62. The van der Waals surface area contributed by atoms with Crippen molar-refractivity contribution in [2.75, 3.05) is 43.5 Å². The highest BCUT2D eigenvalue weighted by atomic mass is 32.2. The van der Waals surface area contributed by atoms with E-state index in [0.717, 1.165) is 41.4 Å². The Morgan fingerprint density at radius 3 is 2.47 bits per heavy atom. The normalized spacial score (nSPS) is 18.0. The molecule has 0 unspecified atom stereocenters. The van der Waals surface area contributed by atoms with Crippen LogP contribution in [0.2, 0.25) is 0 Å². The molecule has 1 atom stereocenters. The molecule has 2 aliphatic rings. The van der Waals surface area contributed by atoms with E-state index in [4.69, 9.17) is 0 Å². The molecule has 0 aliphatic carbocycles. The van der Waals surface area contributed by atoms with E-state index in [1.54, 1.807) is 17.0 Å². The van der Waals surface area contributed by atoms with Crippen molar-refractivity contribution in [3.05, 3.63) is 54.1 Å². The fourth-order valence-corrected chi connectivity index (χ4v) is 5.61. The molecule has 0 saturated carbocycles. The van der Waals surface area contributed by atoms with E-state index in [1.165, 1.54) is 25.1 Å². The lowest BCUT2D eigenvalue weighted by Crippen LogP contribution is -2.57. The first-order valence-electron chi connectivity index (χ1n) is 11.7. The maximum Gasteiger partial charge on any atom is 0.250 e. The summed E-state index contributed by atoms with van der Waals surface area (Å²) < 4.78 is 26.8. The smallest absolute Gasteiger partial charge is 0.250 e. The molecule has 34 heavy (non-hydrogen) atoms. The van der Waals surface area contributed by atoms with Crippen molar-refractivity contribution in [3.63, 3.8) is 0 Å². The second-order valence-electron chi connectivity index (χ2n) is 8.96. The van der Waals surface area contributed by atoms with E-state index >= 15 is 0 Å². The minimum absolute atomic E-state index is 0.105. The first-order valence-corrected chi connectivity index (χ1v) is 13.1. The van der Waals surface area contributed by atoms with Gasteiger partial charge in [-0.25, -0.2) is 12.7 Å². The van der Waals surface area contributed by atoms with Crippen LogP contribution in [0.5, 0.6) is 0 Å². The molecular weight excluding hydrogens is 452 g/mol. The van der Waals surface area contributed by atoms with Gasteiger partial charge in [0, 0.05) is 33.7 Å². The lowest BCUT2D eigenvalue weighted by molar-refractivity contribution is -0.132. The highest BCUT2D eigenvalue weighted by Crippen LogP contribution is 2.41. The number of likely N-dealkylation sites (N-methyl/N-ethyl adjacent to an activating group) is 1. The van der Waals surface area contributed by atoms with Crippen molar-refractivity contribution in [2.45, 2.75) is 43.7 Å². The van der Waals surface area contributed by atoms with E-state index in [2.05, 4.69) is 4.90 Å². The molecule has 1 fully saturated rings. The summed E-state index contributed by atoms with van der Waals surface area (Å²) >= 11 is 0. The standard InChI is InChI=1S/C25H32N4O4S/c1-4-27(17-19-10-6-5-7-11-19)24(30)18-29-23-16-20(34(32,33)26(2)3)13-14-21(23)28-15-9-8-12-22(28)25(29)31/h5-7,10-11,13-14,16,22H,4,8-9,12,15,17-18H2,1-3H3/t22-/m1/s1. The molecule has 182 valence electrons. The number of sulfonamides is 1. The van der Waals surface area contributed by atoms with Crippen molar-refractivity contribution in [2.24, 2.45) is 0 Å². The van der Waals surface area contributed by atoms with Gasteiger partial charge in [-0.2, -0.15) is 0 Å². The Labute approximate surface area is 201 Å². The lowest BCUT2D eigenvalue weighted by atomic mass is 9.96. The number of carbonyl (C=O) groups excluding carboxylic acids is 2. The maximum atomic E-state index is 13.6. The van der Waals surface area contributed by atoms with Gasteiger partial charge in [-0.3, -0.25) is 14.5 Å². The van der Waals surface area contributed by atoms with Crippen molar-refractivity contribution < 1.29 is 18.0 Å². The number of hydrogen-bond acceptors (Lipinski definition) is 5. The summed E-state index contributed by atoms with van der Waals surface area (Å²) in [6, 6.07) is 14.3. The lowest BCUT2D eigenvalue weighted by Gasteiger charge is -2.45. The van der Waals surface area contributed by atoms with Crippen LogP contribution in [0.4, 0.5) is 11.4 Å². The van der Waals surface area contributed by atoms with Crippen LogP contribution in [-0.2, 0) is 26.2 Å². The van der Waals surface area contributed by atoms with Gasteiger partial charge in [0.1, 0.15) is 12.6 Å². The van der Waals surface area contributed by atoms with Crippen LogP contribution in [0.15, 0.2) is 53.4 Å². The second-order valence-corrected chi connectivity index (χ2v) is 11.1. The Hall–Kier alpha value is -2.91. The molecule has 4 rings (SSSR count). The molecule has 8 nitrogen and oxygen atoms in total. The van der Waals surface area contributed by atoms with Gasteiger partial charge in [0.2, 0.25) is 21.8 Å². The molecule has 2 aliphatic heterocycles. The van der Waals surface area contributed by atoms with Crippen molar-refractivity contribution in [1.29, 1.82) is 0 Å². The molecule has 2 aromatic carbocycles. The van der Waals surface area contributed by atoms with Crippen molar-refractivity contribution in [3.8, 4) is 0 Å². The predicted octanol–water partition coefficient (Wildman–Crippen LogP) is 2.69. The molecule has 2 heterocycles. The van der Waals surface area contributed by atoms with E-state index in [-0.39, 0.29) is 29.3 Å². The Balaban J connectivity index is 1.69. The number of amides is 2. The van der Waals surface area contributed by atoms with Crippen LogP contribution < -0.4 is 9.80 Å². The molecule has 9 heteroatoms. The van der Waals surface area contributed by atoms with E-state index in [1.807, 2.05) is 37.3 Å². The Kier molecular flexibility index (Phi) is 6.95.